The minimum absolute atomic E-state index is 0.139. The van der Waals surface area contributed by atoms with Gasteiger partial charge in [0, 0.05) is 24.8 Å². The van der Waals surface area contributed by atoms with Gasteiger partial charge in [-0.15, -0.1) is 16.8 Å². The molecule has 0 radical (unpaired) electrons. The fraction of sp³-hybridized carbons (Fsp3) is 0.227. The highest BCUT2D eigenvalue weighted by molar-refractivity contribution is 7.99. The maximum atomic E-state index is 12.8. The Kier molecular flexibility index (Phi) is 6.50. The summed E-state index contributed by atoms with van der Waals surface area (Å²) in [5, 5.41) is 12.4. The third-order valence-electron chi connectivity index (χ3n) is 4.73. The fourth-order valence-electron chi connectivity index (χ4n) is 3.32. The van der Waals surface area contributed by atoms with Gasteiger partial charge in [-0.25, -0.2) is 4.98 Å². The Bertz CT molecular complexity index is 1350. The van der Waals surface area contributed by atoms with E-state index >= 15 is 0 Å². The van der Waals surface area contributed by atoms with E-state index in [2.05, 4.69) is 27.1 Å². The lowest BCUT2D eigenvalue weighted by Crippen LogP contribution is -2.25. The second kappa shape index (κ2) is 9.65. The zero-order valence-corrected chi connectivity index (χ0v) is 18.3. The molecule has 0 atom stereocenters. The minimum Gasteiger partial charge on any atom is -0.478 e. The van der Waals surface area contributed by atoms with Crippen molar-refractivity contribution >= 4 is 34.3 Å². The van der Waals surface area contributed by atoms with E-state index in [1.807, 2.05) is 31.2 Å². The van der Waals surface area contributed by atoms with Crippen LogP contribution in [0.4, 0.5) is 0 Å². The van der Waals surface area contributed by atoms with Crippen LogP contribution in [0.2, 0.25) is 0 Å². The molecule has 4 rings (SSSR count). The average Bonchev–Trinajstić information content (AvgIpc) is 3.24. The number of fused-ring (bicyclic) bond motifs is 3. The highest BCUT2D eigenvalue weighted by atomic mass is 32.2. The maximum Gasteiger partial charge on any atom is 0.263 e. The molecule has 3 aromatic heterocycles. The Hall–Kier alpha value is -3.66. The molecule has 0 spiro atoms. The van der Waals surface area contributed by atoms with Gasteiger partial charge in [0.25, 0.3) is 5.56 Å². The van der Waals surface area contributed by atoms with Crippen molar-refractivity contribution in [2.75, 3.05) is 12.4 Å². The van der Waals surface area contributed by atoms with Crippen LogP contribution in [0.25, 0.3) is 16.7 Å². The van der Waals surface area contributed by atoms with Gasteiger partial charge in [-0.05, 0) is 25.1 Å². The Morgan fingerprint density at radius 2 is 2.09 bits per heavy atom. The van der Waals surface area contributed by atoms with Gasteiger partial charge < -0.3 is 10.1 Å². The van der Waals surface area contributed by atoms with E-state index in [1.165, 1.54) is 16.3 Å². The molecule has 0 fully saturated rings. The van der Waals surface area contributed by atoms with Gasteiger partial charge in [-0.2, -0.15) is 0 Å². The van der Waals surface area contributed by atoms with E-state index in [9.17, 15) is 9.59 Å². The number of rotatable bonds is 9. The van der Waals surface area contributed by atoms with E-state index < -0.39 is 0 Å². The second-order valence-electron chi connectivity index (χ2n) is 6.81. The fourth-order valence-corrected chi connectivity index (χ4v) is 4.09. The van der Waals surface area contributed by atoms with Gasteiger partial charge in [0.2, 0.25) is 17.6 Å². The van der Waals surface area contributed by atoms with E-state index in [1.54, 1.807) is 28.8 Å². The SMILES string of the molecule is C=CCn1c(=O)c2ccccc2n2c(SCC(=O)NCc3cccnc3OCC)nnc12. The van der Waals surface area contributed by atoms with Crippen molar-refractivity contribution in [3.8, 4) is 5.88 Å². The molecule has 0 bridgehead atoms. The molecule has 0 aliphatic carbocycles. The number of amides is 1. The van der Waals surface area contributed by atoms with Crippen molar-refractivity contribution in [2.24, 2.45) is 0 Å². The smallest absolute Gasteiger partial charge is 0.263 e. The summed E-state index contributed by atoms with van der Waals surface area (Å²) < 4.78 is 8.81. The van der Waals surface area contributed by atoms with Gasteiger partial charge in [0.15, 0.2) is 5.16 Å². The predicted octanol–water partition coefficient (Wildman–Crippen LogP) is 2.43. The zero-order chi connectivity index (χ0) is 22.5. The number of thioether (sulfide) groups is 1. The van der Waals surface area contributed by atoms with Crippen LogP contribution in [0, 0.1) is 0 Å². The second-order valence-corrected chi connectivity index (χ2v) is 7.75. The summed E-state index contributed by atoms with van der Waals surface area (Å²) in [5.41, 5.74) is 1.34. The van der Waals surface area contributed by atoms with Gasteiger partial charge in [0.05, 0.1) is 23.3 Å². The quantitative estimate of drug-likeness (QED) is 0.309. The van der Waals surface area contributed by atoms with Crippen LogP contribution in [-0.4, -0.2) is 42.4 Å². The number of aromatic nitrogens is 5. The molecule has 0 saturated carbocycles. The summed E-state index contributed by atoms with van der Waals surface area (Å²) >= 11 is 1.25. The highest BCUT2D eigenvalue weighted by Gasteiger charge is 2.17. The standard InChI is InChI=1S/C22H22N6O3S/c1-3-12-27-20(30)16-9-5-6-10-17(16)28-21(27)25-26-22(28)32-14-18(29)24-13-15-8-7-11-23-19(15)31-4-2/h3,5-11H,1,4,12-14H2,2H3,(H,24,29). The lowest BCUT2D eigenvalue weighted by molar-refractivity contribution is -0.118. The van der Waals surface area contributed by atoms with Gasteiger partial charge in [-0.3, -0.25) is 18.6 Å². The molecule has 164 valence electrons. The van der Waals surface area contributed by atoms with Crippen LogP contribution in [0.15, 0.2) is 65.2 Å². The normalized spacial score (nSPS) is 11.0. The molecule has 32 heavy (non-hydrogen) atoms. The number of hydrogen-bond acceptors (Lipinski definition) is 7. The van der Waals surface area contributed by atoms with E-state index in [4.69, 9.17) is 4.74 Å². The number of allylic oxidation sites excluding steroid dienone is 1. The van der Waals surface area contributed by atoms with Crippen LogP contribution in [0.1, 0.15) is 12.5 Å². The molecular weight excluding hydrogens is 428 g/mol. The van der Waals surface area contributed by atoms with Crippen molar-refractivity contribution in [3.63, 3.8) is 0 Å². The van der Waals surface area contributed by atoms with E-state index in [0.29, 0.717) is 47.4 Å². The Balaban J connectivity index is 1.55. The third-order valence-corrected chi connectivity index (χ3v) is 5.66. The summed E-state index contributed by atoms with van der Waals surface area (Å²) in [7, 11) is 0. The first-order chi connectivity index (χ1) is 15.6. The molecule has 3 heterocycles. The molecule has 1 aromatic carbocycles. The molecular formula is C22H22N6O3S. The molecule has 0 unspecified atom stereocenters. The average molecular weight is 451 g/mol. The number of carbonyl (C=O) groups excluding carboxylic acids is 1. The van der Waals surface area contributed by atoms with Crippen molar-refractivity contribution in [1.29, 1.82) is 0 Å². The first-order valence-corrected chi connectivity index (χ1v) is 11.1. The maximum absolute atomic E-state index is 12.8. The van der Waals surface area contributed by atoms with Gasteiger partial charge >= 0.3 is 0 Å². The summed E-state index contributed by atoms with van der Waals surface area (Å²) in [5.74, 6) is 0.896. The molecule has 1 N–H and O–H groups in total. The van der Waals surface area contributed by atoms with Gasteiger partial charge in [-0.1, -0.05) is 36.0 Å². The van der Waals surface area contributed by atoms with Crippen LogP contribution in [0.3, 0.4) is 0 Å². The Labute approximate surface area is 188 Å². The Morgan fingerprint density at radius 3 is 2.91 bits per heavy atom. The number of hydrogen-bond donors (Lipinski definition) is 1. The summed E-state index contributed by atoms with van der Waals surface area (Å²) in [6.45, 7) is 6.73. The lowest BCUT2D eigenvalue weighted by Gasteiger charge is -2.10. The predicted molar refractivity (Wildman–Crippen MR) is 123 cm³/mol. The molecule has 9 nitrogen and oxygen atoms in total. The topological polar surface area (TPSA) is 103 Å². The van der Waals surface area contributed by atoms with E-state index in [-0.39, 0.29) is 17.2 Å². The number of benzene rings is 1. The molecule has 4 aromatic rings. The first kappa shape index (κ1) is 21.6. The van der Waals surface area contributed by atoms with Crippen molar-refractivity contribution in [1.82, 2.24) is 29.5 Å². The van der Waals surface area contributed by atoms with Crippen molar-refractivity contribution < 1.29 is 9.53 Å². The number of nitrogens with one attached hydrogen (secondary N) is 1. The summed E-state index contributed by atoms with van der Waals surface area (Å²) in [4.78, 5) is 29.5. The monoisotopic (exact) mass is 450 g/mol. The van der Waals surface area contributed by atoms with Crippen molar-refractivity contribution in [2.45, 2.75) is 25.2 Å². The molecule has 0 aliphatic rings. The number of nitrogens with zero attached hydrogens (tertiary/aromatic N) is 5. The molecule has 0 aliphatic heterocycles. The number of ether oxygens (including phenoxy) is 1. The molecule has 1 amide bonds. The summed E-state index contributed by atoms with van der Waals surface area (Å²) in [6, 6.07) is 10.9. The van der Waals surface area contributed by atoms with Crippen LogP contribution < -0.4 is 15.6 Å². The lowest BCUT2D eigenvalue weighted by atomic mass is 10.2. The first-order valence-electron chi connectivity index (χ1n) is 10.1. The summed E-state index contributed by atoms with van der Waals surface area (Å²) in [6.07, 6.45) is 3.29. The van der Waals surface area contributed by atoms with Crippen LogP contribution >= 0.6 is 11.8 Å². The van der Waals surface area contributed by atoms with Crippen LogP contribution in [0.5, 0.6) is 5.88 Å². The Morgan fingerprint density at radius 1 is 1.25 bits per heavy atom. The number of carbonyl (C=O) groups is 1. The largest absolute Gasteiger partial charge is 0.478 e. The number of para-hydroxylation sites is 1. The number of pyridine rings is 1. The zero-order valence-electron chi connectivity index (χ0n) is 17.5. The van der Waals surface area contributed by atoms with E-state index in [0.717, 1.165) is 5.56 Å². The minimum atomic E-state index is -0.165. The van der Waals surface area contributed by atoms with Crippen molar-refractivity contribution in [3.05, 3.63) is 71.2 Å². The highest BCUT2D eigenvalue weighted by Crippen LogP contribution is 2.21. The van der Waals surface area contributed by atoms with Gasteiger partial charge in [0.1, 0.15) is 0 Å². The van der Waals surface area contributed by atoms with Crippen LogP contribution in [-0.2, 0) is 17.9 Å². The molecule has 0 saturated heterocycles. The third kappa shape index (κ3) is 4.22. The molecule has 10 heteroatoms.